The zero-order valence-electron chi connectivity index (χ0n) is 11.5. The Bertz CT molecular complexity index is 884. The van der Waals surface area contributed by atoms with E-state index in [1.54, 1.807) is 17.5 Å². The Morgan fingerprint density at radius 1 is 0.909 bits per heavy atom. The molecular weight excluding hydrogens is 294 g/mol. The monoisotopic (exact) mass is 305 g/mol. The van der Waals surface area contributed by atoms with E-state index < -0.39 is 0 Å². The summed E-state index contributed by atoms with van der Waals surface area (Å²) in [5.74, 6) is 0.599. The van der Waals surface area contributed by atoms with Gasteiger partial charge in [0, 0.05) is 22.2 Å². The highest BCUT2D eigenvalue weighted by molar-refractivity contribution is 7.13. The molecule has 22 heavy (non-hydrogen) atoms. The Labute approximate surface area is 130 Å². The van der Waals surface area contributed by atoms with Gasteiger partial charge in [0.25, 0.3) is 0 Å². The molecule has 0 unspecified atom stereocenters. The van der Waals surface area contributed by atoms with Gasteiger partial charge in [-0.1, -0.05) is 36.4 Å². The van der Waals surface area contributed by atoms with Gasteiger partial charge in [0.2, 0.25) is 5.82 Å². The normalized spacial score (nSPS) is 10.7. The van der Waals surface area contributed by atoms with Crippen LogP contribution in [0.15, 0.2) is 66.3 Å². The van der Waals surface area contributed by atoms with E-state index in [1.165, 1.54) is 4.80 Å². The topological polar surface area (TPSA) is 56.5 Å². The predicted molar refractivity (Wildman–Crippen MR) is 85.7 cm³/mol. The summed E-state index contributed by atoms with van der Waals surface area (Å²) in [6, 6.07) is 15.9. The lowest BCUT2D eigenvalue weighted by atomic mass is 10.2. The summed E-state index contributed by atoms with van der Waals surface area (Å²) in [4.78, 5) is 6.95. The lowest BCUT2D eigenvalue weighted by Gasteiger charge is -2.01. The van der Waals surface area contributed by atoms with Gasteiger partial charge < -0.3 is 0 Å². The van der Waals surface area contributed by atoms with Crippen molar-refractivity contribution in [3.05, 3.63) is 66.3 Å². The summed E-state index contributed by atoms with van der Waals surface area (Å²) in [5.41, 5.74) is 2.78. The first-order chi connectivity index (χ1) is 10.9. The summed E-state index contributed by atoms with van der Waals surface area (Å²) in [6.45, 7) is 0. The first kappa shape index (κ1) is 12.8. The average Bonchev–Trinajstić information content (AvgIpc) is 3.28. The Morgan fingerprint density at radius 2 is 1.82 bits per heavy atom. The van der Waals surface area contributed by atoms with Gasteiger partial charge in [0.15, 0.2) is 0 Å². The van der Waals surface area contributed by atoms with E-state index in [4.69, 9.17) is 0 Å². The Morgan fingerprint density at radius 3 is 2.64 bits per heavy atom. The maximum Gasteiger partial charge on any atom is 0.205 e. The fraction of sp³-hybridized carbons (Fsp3) is 0. The van der Waals surface area contributed by atoms with Crippen LogP contribution in [-0.2, 0) is 0 Å². The van der Waals surface area contributed by atoms with E-state index in [0.717, 1.165) is 21.7 Å². The quantitative estimate of drug-likeness (QED) is 0.581. The fourth-order valence-corrected chi connectivity index (χ4v) is 2.85. The van der Waals surface area contributed by atoms with E-state index in [-0.39, 0.29) is 0 Å². The third-order valence-corrected chi connectivity index (χ3v) is 4.12. The van der Waals surface area contributed by atoms with E-state index >= 15 is 0 Å². The molecule has 0 N–H and O–H groups in total. The number of nitrogens with zero attached hydrogens (tertiary/aromatic N) is 5. The minimum absolute atomic E-state index is 0.599. The minimum atomic E-state index is 0.599. The summed E-state index contributed by atoms with van der Waals surface area (Å²) in [7, 11) is 0. The standard InChI is InChI=1S/C16H11N5S/c1-2-5-12(6-3-1)16-18-20-21(19-16)14-9-13(10-17-11-14)15-7-4-8-22-15/h1-11H. The number of hydrogen-bond acceptors (Lipinski definition) is 5. The summed E-state index contributed by atoms with van der Waals surface area (Å²) in [6.07, 6.45) is 3.57. The van der Waals surface area contributed by atoms with E-state index in [2.05, 4.69) is 26.5 Å². The highest BCUT2D eigenvalue weighted by Crippen LogP contribution is 2.25. The van der Waals surface area contributed by atoms with Crippen LogP contribution in [-0.4, -0.2) is 25.2 Å². The number of benzene rings is 1. The second-order valence-corrected chi connectivity index (χ2v) is 5.63. The molecule has 6 heteroatoms. The molecule has 0 saturated heterocycles. The van der Waals surface area contributed by atoms with Crippen molar-refractivity contribution < 1.29 is 0 Å². The lowest BCUT2D eigenvalue weighted by Crippen LogP contribution is -2.00. The molecule has 0 aliphatic heterocycles. The third kappa shape index (κ3) is 2.40. The number of pyridine rings is 1. The van der Waals surface area contributed by atoms with Crippen LogP contribution >= 0.6 is 11.3 Å². The Hall–Kier alpha value is -2.86. The molecule has 5 nitrogen and oxygen atoms in total. The predicted octanol–water partition coefficient (Wildman–Crippen LogP) is 3.45. The zero-order valence-corrected chi connectivity index (χ0v) is 12.3. The number of hydrogen-bond donors (Lipinski definition) is 0. The Balaban J connectivity index is 1.71. The highest BCUT2D eigenvalue weighted by atomic mass is 32.1. The largest absolute Gasteiger partial charge is 0.262 e. The zero-order chi connectivity index (χ0) is 14.8. The van der Waals surface area contributed by atoms with Crippen LogP contribution in [0.4, 0.5) is 0 Å². The van der Waals surface area contributed by atoms with Crippen LogP contribution in [0.25, 0.3) is 27.5 Å². The molecule has 0 bridgehead atoms. The van der Waals surface area contributed by atoms with Gasteiger partial charge in [-0.3, -0.25) is 4.98 Å². The first-order valence-corrected chi connectivity index (χ1v) is 7.63. The molecule has 0 saturated carbocycles. The Kier molecular flexibility index (Phi) is 3.21. The SMILES string of the molecule is c1ccc(-c2nnn(-c3cncc(-c4cccs4)c3)n2)cc1. The van der Waals surface area contributed by atoms with Crippen molar-refractivity contribution in [2.24, 2.45) is 0 Å². The van der Waals surface area contributed by atoms with Crippen molar-refractivity contribution in [3.8, 4) is 27.5 Å². The maximum absolute atomic E-state index is 4.43. The van der Waals surface area contributed by atoms with Crippen LogP contribution in [0.3, 0.4) is 0 Å². The molecule has 0 fully saturated rings. The van der Waals surface area contributed by atoms with E-state index in [9.17, 15) is 0 Å². The molecule has 3 aromatic heterocycles. The number of thiophene rings is 1. The molecule has 4 rings (SSSR count). The summed E-state index contributed by atoms with van der Waals surface area (Å²) in [5, 5.41) is 14.7. The molecule has 0 radical (unpaired) electrons. The molecule has 0 aliphatic rings. The lowest BCUT2D eigenvalue weighted by molar-refractivity contribution is 0.717. The third-order valence-electron chi connectivity index (χ3n) is 3.21. The second kappa shape index (κ2) is 5.50. The molecule has 106 valence electrons. The number of aromatic nitrogens is 5. The van der Waals surface area contributed by atoms with Crippen molar-refractivity contribution in [2.75, 3.05) is 0 Å². The molecule has 3 heterocycles. The molecular formula is C16H11N5S. The van der Waals surface area contributed by atoms with E-state index in [1.807, 2.05) is 54.0 Å². The molecule has 0 aliphatic carbocycles. The van der Waals surface area contributed by atoms with Gasteiger partial charge in [0.1, 0.15) is 5.69 Å². The van der Waals surface area contributed by atoms with Crippen molar-refractivity contribution in [2.45, 2.75) is 0 Å². The van der Waals surface area contributed by atoms with Crippen LogP contribution in [0.2, 0.25) is 0 Å². The maximum atomic E-state index is 4.43. The van der Waals surface area contributed by atoms with Gasteiger partial charge >= 0.3 is 0 Å². The van der Waals surface area contributed by atoms with Gasteiger partial charge in [-0.25, -0.2) is 0 Å². The highest BCUT2D eigenvalue weighted by Gasteiger charge is 2.08. The van der Waals surface area contributed by atoms with Gasteiger partial charge in [-0.05, 0) is 22.7 Å². The van der Waals surface area contributed by atoms with Gasteiger partial charge in [0.05, 0.1) is 6.20 Å². The van der Waals surface area contributed by atoms with Crippen molar-refractivity contribution in [3.63, 3.8) is 0 Å². The fourth-order valence-electron chi connectivity index (χ4n) is 2.14. The van der Waals surface area contributed by atoms with Crippen LogP contribution in [0, 0.1) is 0 Å². The molecule has 0 amide bonds. The molecule has 0 spiro atoms. The second-order valence-electron chi connectivity index (χ2n) is 4.68. The average molecular weight is 305 g/mol. The minimum Gasteiger partial charge on any atom is -0.262 e. The molecule has 0 atom stereocenters. The van der Waals surface area contributed by atoms with Gasteiger partial charge in [-0.2, -0.15) is 0 Å². The number of tetrazole rings is 1. The smallest absolute Gasteiger partial charge is 0.205 e. The van der Waals surface area contributed by atoms with Crippen molar-refractivity contribution in [1.82, 2.24) is 25.2 Å². The summed E-state index contributed by atoms with van der Waals surface area (Å²) < 4.78 is 0. The summed E-state index contributed by atoms with van der Waals surface area (Å²) >= 11 is 1.68. The first-order valence-electron chi connectivity index (χ1n) is 6.75. The molecule has 4 aromatic rings. The van der Waals surface area contributed by atoms with Crippen molar-refractivity contribution >= 4 is 11.3 Å². The van der Waals surface area contributed by atoms with E-state index in [0.29, 0.717) is 5.82 Å². The van der Waals surface area contributed by atoms with Gasteiger partial charge in [-0.15, -0.1) is 26.3 Å². The van der Waals surface area contributed by atoms with Crippen molar-refractivity contribution in [1.29, 1.82) is 0 Å². The molecule has 1 aromatic carbocycles. The van der Waals surface area contributed by atoms with Crippen LogP contribution in [0.1, 0.15) is 0 Å². The van der Waals surface area contributed by atoms with Crippen LogP contribution < -0.4 is 0 Å². The number of rotatable bonds is 3. The van der Waals surface area contributed by atoms with Crippen LogP contribution in [0.5, 0.6) is 0 Å².